The summed E-state index contributed by atoms with van der Waals surface area (Å²) in [5.74, 6) is 1.24. The first-order valence-corrected chi connectivity index (χ1v) is 7.48. The number of rotatable bonds is 3. The van der Waals surface area contributed by atoms with Crippen molar-refractivity contribution in [3.8, 4) is 0 Å². The lowest BCUT2D eigenvalue weighted by molar-refractivity contribution is -0.0625. The predicted molar refractivity (Wildman–Crippen MR) is 73.6 cm³/mol. The van der Waals surface area contributed by atoms with Gasteiger partial charge in [-0.05, 0) is 57.4 Å². The fourth-order valence-electron chi connectivity index (χ4n) is 3.64. The molecule has 0 spiro atoms. The van der Waals surface area contributed by atoms with Crippen LogP contribution in [0.3, 0.4) is 0 Å². The van der Waals surface area contributed by atoms with Crippen molar-refractivity contribution >= 4 is 0 Å². The first-order chi connectivity index (χ1) is 8.52. The highest BCUT2D eigenvalue weighted by atomic mass is 16.5. The third-order valence-corrected chi connectivity index (χ3v) is 4.93. The number of aliphatic hydroxyl groups is 1. The Bertz CT molecular complexity index is 271. The van der Waals surface area contributed by atoms with Crippen molar-refractivity contribution in [1.82, 2.24) is 4.90 Å². The molecule has 18 heavy (non-hydrogen) atoms. The Hall–Kier alpha value is -0.120. The molecule has 0 amide bonds. The Labute approximate surface area is 112 Å². The summed E-state index contributed by atoms with van der Waals surface area (Å²) in [5.41, 5.74) is 0.0173. The van der Waals surface area contributed by atoms with Crippen LogP contribution in [0.4, 0.5) is 0 Å². The molecular formula is C15H29NO2. The number of hydrogen-bond donors (Lipinski definition) is 1. The van der Waals surface area contributed by atoms with Crippen LogP contribution in [0.2, 0.25) is 0 Å². The van der Waals surface area contributed by atoms with Gasteiger partial charge in [-0.15, -0.1) is 0 Å². The van der Waals surface area contributed by atoms with Gasteiger partial charge >= 0.3 is 0 Å². The number of ether oxygens (including phenoxy) is 1. The van der Waals surface area contributed by atoms with Crippen LogP contribution in [-0.2, 0) is 4.74 Å². The average molecular weight is 255 g/mol. The number of aliphatic hydroxyl groups excluding tert-OH is 1. The van der Waals surface area contributed by atoms with Crippen LogP contribution in [0.1, 0.15) is 46.0 Å². The largest absolute Gasteiger partial charge is 0.393 e. The summed E-state index contributed by atoms with van der Waals surface area (Å²) in [7, 11) is 1.82. The zero-order chi connectivity index (χ0) is 13.2. The summed E-state index contributed by atoms with van der Waals surface area (Å²) >= 11 is 0. The zero-order valence-electron chi connectivity index (χ0n) is 12.2. The number of nitrogens with zero attached hydrogens (tertiary/aromatic N) is 1. The van der Waals surface area contributed by atoms with E-state index in [2.05, 4.69) is 18.7 Å². The summed E-state index contributed by atoms with van der Waals surface area (Å²) in [6, 6.07) is 0. The van der Waals surface area contributed by atoms with Crippen molar-refractivity contribution in [3.63, 3.8) is 0 Å². The second kappa shape index (κ2) is 5.89. The van der Waals surface area contributed by atoms with Gasteiger partial charge in [0.15, 0.2) is 0 Å². The van der Waals surface area contributed by atoms with E-state index in [4.69, 9.17) is 4.74 Å². The first-order valence-electron chi connectivity index (χ1n) is 7.48. The van der Waals surface area contributed by atoms with Crippen LogP contribution in [0, 0.1) is 11.8 Å². The van der Waals surface area contributed by atoms with Crippen LogP contribution in [-0.4, -0.2) is 48.5 Å². The van der Waals surface area contributed by atoms with E-state index < -0.39 is 0 Å². The SMILES string of the molecule is COC1(C)CCCN(CC2CC(C)CCC2O)C1. The zero-order valence-corrected chi connectivity index (χ0v) is 12.2. The van der Waals surface area contributed by atoms with E-state index in [0.717, 1.165) is 38.4 Å². The maximum Gasteiger partial charge on any atom is 0.0777 e. The van der Waals surface area contributed by atoms with Gasteiger partial charge in [0.1, 0.15) is 0 Å². The number of piperidine rings is 1. The second-order valence-electron chi connectivity index (χ2n) is 6.74. The van der Waals surface area contributed by atoms with Gasteiger partial charge in [-0.3, -0.25) is 0 Å². The van der Waals surface area contributed by atoms with Crippen molar-refractivity contribution in [2.45, 2.75) is 57.7 Å². The number of likely N-dealkylation sites (tertiary alicyclic amines) is 1. The van der Waals surface area contributed by atoms with E-state index in [1.165, 1.54) is 19.3 Å². The molecule has 4 unspecified atom stereocenters. The van der Waals surface area contributed by atoms with Crippen molar-refractivity contribution in [2.75, 3.05) is 26.7 Å². The van der Waals surface area contributed by atoms with Gasteiger partial charge in [-0.2, -0.15) is 0 Å². The average Bonchev–Trinajstić information content (AvgIpc) is 2.34. The van der Waals surface area contributed by atoms with Gasteiger partial charge in [-0.1, -0.05) is 6.92 Å². The fourth-order valence-corrected chi connectivity index (χ4v) is 3.64. The Morgan fingerprint density at radius 3 is 2.89 bits per heavy atom. The molecule has 2 rings (SSSR count). The van der Waals surface area contributed by atoms with Gasteiger partial charge in [0.25, 0.3) is 0 Å². The summed E-state index contributed by atoms with van der Waals surface area (Å²) in [6.07, 6.45) is 5.64. The lowest BCUT2D eigenvalue weighted by Crippen LogP contribution is -2.50. The van der Waals surface area contributed by atoms with Crippen molar-refractivity contribution in [1.29, 1.82) is 0 Å². The van der Waals surface area contributed by atoms with Gasteiger partial charge in [-0.25, -0.2) is 0 Å². The molecule has 1 saturated heterocycles. The van der Waals surface area contributed by atoms with E-state index in [1.54, 1.807) is 0 Å². The molecular weight excluding hydrogens is 226 g/mol. The normalized spacial score (nSPS) is 43.0. The van der Waals surface area contributed by atoms with Crippen LogP contribution < -0.4 is 0 Å². The van der Waals surface area contributed by atoms with Crippen LogP contribution in [0.5, 0.6) is 0 Å². The van der Waals surface area contributed by atoms with E-state index in [0.29, 0.717) is 5.92 Å². The molecule has 1 N–H and O–H groups in total. The quantitative estimate of drug-likeness (QED) is 0.840. The van der Waals surface area contributed by atoms with E-state index in [9.17, 15) is 5.11 Å². The van der Waals surface area contributed by atoms with Crippen molar-refractivity contribution < 1.29 is 9.84 Å². The van der Waals surface area contributed by atoms with Crippen molar-refractivity contribution in [3.05, 3.63) is 0 Å². The second-order valence-corrected chi connectivity index (χ2v) is 6.74. The van der Waals surface area contributed by atoms with Crippen LogP contribution in [0.15, 0.2) is 0 Å². The highest BCUT2D eigenvalue weighted by Crippen LogP contribution is 2.31. The summed E-state index contributed by atoms with van der Waals surface area (Å²) in [5, 5.41) is 10.1. The first kappa shape index (κ1) is 14.3. The Balaban J connectivity index is 1.88. The van der Waals surface area contributed by atoms with Gasteiger partial charge < -0.3 is 14.7 Å². The highest BCUT2D eigenvalue weighted by Gasteiger charge is 2.34. The summed E-state index contributed by atoms with van der Waals surface area (Å²) < 4.78 is 5.64. The molecule has 3 heteroatoms. The number of hydrogen-bond acceptors (Lipinski definition) is 3. The van der Waals surface area contributed by atoms with Crippen LogP contribution in [0.25, 0.3) is 0 Å². The Morgan fingerprint density at radius 1 is 1.39 bits per heavy atom. The highest BCUT2D eigenvalue weighted by molar-refractivity contribution is 4.87. The number of methoxy groups -OCH3 is 1. The fraction of sp³-hybridized carbons (Fsp3) is 1.00. The molecule has 1 aliphatic heterocycles. The molecule has 1 saturated carbocycles. The molecule has 2 fully saturated rings. The molecule has 1 aliphatic carbocycles. The van der Waals surface area contributed by atoms with Gasteiger partial charge in [0, 0.05) is 20.2 Å². The molecule has 0 radical (unpaired) electrons. The lowest BCUT2D eigenvalue weighted by Gasteiger charge is -2.42. The lowest BCUT2D eigenvalue weighted by atomic mass is 9.79. The van der Waals surface area contributed by atoms with Gasteiger partial charge in [0.05, 0.1) is 11.7 Å². The van der Waals surface area contributed by atoms with E-state index in [-0.39, 0.29) is 11.7 Å². The molecule has 106 valence electrons. The van der Waals surface area contributed by atoms with Gasteiger partial charge in [0.2, 0.25) is 0 Å². The predicted octanol–water partition coefficient (Wildman–Crippen LogP) is 2.28. The standard InChI is InChI=1S/C15H29NO2/c1-12-5-6-14(17)13(9-12)10-16-8-4-7-15(2,11-16)18-3/h12-14,17H,4-11H2,1-3H3. The monoisotopic (exact) mass is 255 g/mol. The minimum Gasteiger partial charge on any atom is -0.393 e. The molecule has 0 bridgehead atoms. The summed E-state index contributed by atoms with van der Waals surface area (Å²) in [4.78, 5) is 2.50. The van der Waals surface area contributed by atoms with Crippen LogP contribution >= 0.6 is 0 Å². The topological polar surface area (TPSA) is 32.7 Å². The maximum absolute atomic E-state index is 10.1. The molecule has 0 aromatic carbocycles. The minimum absolute atomic E-state index is 0.0173. The third-order valence-electron chi connectivity index (χ3n) is 4.93. The molecule has 1 heterocycles. The van der Waals surface area contributed by atoms with E-state index in [1.807, 2.05) is 7.11 Å². The molecule has 0 aromatic rings. The Kier molecular flexibility index (Phi) is 4.68. The summed E-state index contributed by atoms with van der Waals surface area (Å²) in [6.45, 7) is 7.75. The molecule has 2 aliphatic rings. The molecule has 4 atom stereocenters. The third kappa shape index (κ3) is 3.46. The maximum atomic E-state index is 10.1. The molecule has 0 aromatic heterocycles. The van der Waals surface area contributed by atoms with Crippen molar-refractivity contribution in [2.24, 2.45) is 11.8 Å². The smallest absolute Gasteiger partial charge is 0.0777 e. The Morgan fingerprint density at radius 2 is 2.17 bits per heavy atom. The minimum atomic E-state index is -0.0862. The van der Waals surface area contributed by atoms with E-state index >= 15 is 0 Å². The molecule has 3 nitrogen and oxygen atoms in total.